The summed E-state index contributed by atoms with van der Waals surface area (Å²) in [7, 11) is 0. The molecule has 0 aromatic heterocycles. The van der Waals surface area contributed by atoms with Crippen molar-refractivity contribution < 1.29 is 94.4 Å². The van der Waals surface area contributed by atoms with E-state index >= 15 is 0 Å². The monoisotopic (exact) mass is 380 g/mol. The summed E-state index contributed by atoms with van der Waals surface area (Å²) in [6.45, 7) is 0. The molecule has 0 saturated heterocycles. The standard InChI is InChI=1S/Co.Li.Mn.Ni.O.W.H/q;+1;;;;;-1. The van der Waals surface area contributed by atoms with Gasteiger partial charge in [-0.2, -0.15) is 0 Å². The molecule has 40 valence electrons. The Morgan fingerprint density at radius 1 is 1.33 bits per heavy atom. The smallest absolute Gasteiger partial charge is 0 e. The molecular weight excluding hydrogens is 379 g/mol. The molecule has 1 nitrogen and oxygen atoms in total. The van der Waals surface area contributed by atoms with Gasteiger partial charge < -0.3 is 1.43 Å². The summed E-state index contributed by atoms with van der Waals surface area (Å²) in [6, 6.07) is 0. The first-order valence-corrected chi connectivity index (χ1v) is 0.636. The fraction of sp³-hybridized carbons (Fsp3) is 0. The van der Waals surface area contributed by atoms with Crippen LogP contribution in [0.5, 0.6) is 0 Å². The molecule has 0 atom stereocenters. The summed E-state index contributed by atoms with van der Waals surface area (Å²) >= 11 is 1.69. The second kappa shape index (κ2) is 48.9. The summed E-state index contributed by atoms with van der Waals surface area (Å²) in [5, 5.41) is 0. The Morgan fingerprint density at radius 3 is 1.33 bits per heavy atom. The van der Waals surface area contributed by atoms with E-state index in [0.717, 1.165) is 0 Å². The molecule has 0 bridgehead atoms. The van der Waals surface area contributed by atoms with E-state index in [2.05, 4.69) is 0 Å². The van der Waals surface area contributed by atoms with E-state index < -0.39 is 0 Å². The SMILES string of the molecule is [Co].[H-].[Li+].[Ni].[O]=[Mn].[W]. The Bertz CT molecular complexity index is 19.7. The van der Waals surface area contributed by atoms with Crippen LogP contribution < -0.4 is 18.9 Å². The number of hydrogen-bond acceptors (Lipinski definition) is 1. The van der Waals surface area contributed by atoms with E-state index in [1.807, 2.05) is 0 Å². The molecule has 6 heavy (non-hydrogen) atoms. The van der Waals surface area contributed by atoms with E-state index in [1.54, 1.807) is 15.9 Å². The predicted molar refractivity (Wildman–Crippen MR) is 1.80 cm³/mol. The minimum Gasteiger partial charge on any atom is 0 e. The molecular formula is HCoLiMnNiOW. The minimum atomic E-state index is 0. The molecule has 0 unspecified atom stereocenters. The first kappa shape index (κ1) is 38.3. The normalized spacial score (nSPS) is 0.667. The third-order valence-corrected chi connectivity index (χ3v) is 0. The van der Waals surface area contributed by atoms with Gasteiger partial charge in [-0.05, 0) is 0 Å². The maximum absolute atomic E-state index is 8.06. The summed E-state index contributed by atoms with van der Waals surface area (Å²) in [6.07, 6.45) is 0. The zero-order valence-corrected chi connectivity index (χ0v) is 8.99. The van der Waals surface area contributed by atoms with E-state index in [1.165, 1.54) is 0 Å². The minimum absolute atomic E-state index is 0. The van der Waals surface area contributed by atoms with E-state index in [9.17, 15) is 0 Å². The molecule has 0 fully saturated rings. The van der Waals surface area contributed by atoms with Gasteiger partial charge in [-0.1, -0.05) is 0 Å². The Balaban J connectivity index is -0.000000000500. The summed E-state index contributed by atoms with van der Waals surface area (Å²) in [4.78, 5) is 0. The molecule has 0 rings (SSSR count). The Hall–Kier alpha value is 2.61. The van der Waals surface area contributed by atoms with Gasteiger partial charge >= 0.3 is 38.6 Å². The molecule has 0 spiro atoms. The van der Waals surface area contributed by atoms with Crippen molar-refractivity contribution in [2.24, 2.45) is 0 Å². The van der Waals surface area contributed by atoms with Crippen LogP contribution in [0.4, 0.5) is 0 Å². The molecule has 0 aliphatic carbocycles. The fourth-order valence-corrected chi connectivity index (χ4v) is 0. The third-order valence-electron chi connectivity index (χ3n) is 0. The molecule has 0 aromatic carbocycles. The number of rotatable bonds is 0. The maximum atomic E-state index is 8.06. The molecule has 1 radical (unpaired) electrons. The number of hydrogen-bond donors (Lipinski definition) is 0. The van der Waals surface area contributed by atoms with Crippen LogP contribution in [0.1, 0.15) is 1.43 Å². The van der Waals surface area contributed by atoms with Gasteiger partial charge in [0.2, 0.25) is 0 Å². The average Bonchev–Trinajstić information content (AvgIpc) is 1.00. The average molecular weight is 380 g/mol. The zero-order valence-electron chi connectivity index (χ0n) is 3.84. The van der Waals surface area contributed by atoms with Gasteiger partial charge in [0.25, 0.3) is 0 Å². The molecule has 0 amide bonds. The predicted octanol–water partition coefficient (Wildman–Crippen LogP) is -3.01. The van der Waals surface area contributed by atoms with Crippen molar-refractivity contribution in [3.63, 3.8) is 0 Å². The van der Waals surface area contributed by atoms with Gasteiger partial charge in [-0.25, -0.2) is 0 Å². The van der Waals surface area contributed by atoms with Crippen LogP contribution in [-0.4, -0.2) is 0 Å². The third kappa shape index (κ3) is 30.6. The van der Waals surface area contributed by atoms with Gasteiger partial charge in [-0.15, -0.1) is 0 Å². The van der Waals surface area contributed by atoms with Crippen LogP contribution in [0.25, 0.3) is 0 Å². The topological polar surface area (TPSA) is 17.1 Å². The van der Waals surface area contributed by atoms with Crippen molar-refractivity contribution in [1.82, 2.24) is 0 Å². The Morgan fingerprint density at radius 2 is 1.33 bits per heavy atom. The van der Waals surface area contributed by atoms with Crippen LogP contribution in [0.3, 0.4) is 0 Å². The molecule has 0 heterocycles. The van der Waals surface area contributed by atoms with Crippen molar-refractivity contribution in [3.05, 3.63) is 0 Å². The van der Waals surface area contributed by atoms with Crippen molar-refractivity contribution in [2.45, 2.75) is 0 Å². The van der Waals surface area contributed by atoms with E-state index in [0.29, 0.717) is 0 Å². The summed E-state index contributed by atoms with van der Waals surface area (Å²) in [5.74, 6) is 0. The largest absolute Gasteiger partial charge is 0 e. The molecule has 0 aliphatic rings. The van der Waals surface area contributed by atoms with E-state index in [-0.39, 0.29) is 74.6 Å². The Kier molecular flexibility index (Phi) is 312. The Labute approximate surface area is 93.2 Å². The molecule has 0 aliphatic heterocycles. The molecule has 6 heteroatoms. The first-order chi connectivity index (χ1) is 1.00. The fourth-order valence-electron chi connectivity index (χ4n) is 0. The van der Waals surface area contributed by atoms with Gasteiger partial charge in [0.15, 0.2) is 0 Å². The zero-order chi connectivity index (χ0) is 2.00. The first-order valence-electron chi connectivity index (χ1n) is 0.154. The summed E-state index contributed by atoms with van der Waals surface area (Å²) in [5.41, 5.74) is 0. The van der Waals surface area contributed by atoms with Crippen molar-refractivity contribution in [2.75, 3.05) is 0 Å². The van der Waals surface area contributed by atoms with Gasteiger partial charge in [-0.3, -0.25) is 0 Å². The molecule has 0 aromatic rings. The van der Waals surface area contributed by atoms with E-state index in [4.69, 9.17) is 3.83 Å². The quantitative estimate of drug-likeness (QED) is 0.409. The van der Waals surface area contributed by atoms with Crippen molar-refractivity contribution in [3.8, 4) is 0 Å². The van der Waals surface area contributed by atoms with Crippen LogP contribution in [-0.2, 0) is 74.1 Å². The van der Waals surface area contributed by atoms with Gasteiger partial charge in [0, 0.05) is 54.3 Å². The van der Waals surface area contributed by atoms with Crippen LogP contribution in [0.2, 0.25) is 0 Å². The van der Waals surface area contributed by atoms with Crippen LogP contribution in [0, 0.1) is 0 Å². The van der Waals surface area contributed by atoms with Gasteiger partial charge in [0.1, 0.15) is 0 Å². The molecule has 0 saturated carbocycles. The van der Waals surface area contributed by atoms with Crippen LogP contribution >= 0.6 is 0 Å². The van der Waals surface area contributed by atoms with Crippen molar-refractivity contribution in [1.29, 1.82) is 0 Å². The summed E-state index contributed by atoms with van der Waals surface area (Å²) < 4.78 is 8.06. The van der Waals surface area contributed by atoms with Crippen molar-refractivity contribution >= 4 is 0 Å². The molecule has 0 N–H and O–H groups in total. The van der Waals surface area contributed by atoms with Crippen LogP contribution in [0.15, 0.2) is 0 Å². The van der Waals surface area contributed by atoms with Gasteiger partial charge in [0.05, 0.1) is 0 Å². The second-order valence-electron chi connectivity index (χ2n) is 0. The second-order valence-corrected chi connectivity index (χ2v) is 0. The maximum Gasteiger partial charge on any atom is 0 e.